The summed E-state index contributed by atoms with van der Waals surface area (Å²) in [5.41, 5.74) is 7.61. The summed E-state index contributed by atoms with van der Waals surface area (Å²) >= 11 is 0. The van der Waals surface area contributed by atoms with Gasteiger partial charge in [0.25, 0.3) is 0 Å². The Morgan fingerprint density at radius 1 is 1.06 bits per heavy atom. The van der Waals surface area contributed by atoms with E-state index < -0.39 is 0 Å². The predicted octanol–water partition coefficient (Wildman–Crippen LogP) is 4.36. The first-order chi connectivity index (χ1) is 14.7. The highest BCUT2D eigenvalue weighted by molar-refractivity contribution is 5.78. The molecule has 1 aliphatic rings. The quantitative estimate of drug-likeness (QED) is 0.368. The molecule has 0 aliphatic carbocycles. The number of hydrogen-bond donors (Lipinski definition) is 1. The summed E-state index contributed by atoms with van der Waals surface area (Å²) in [4.78, 5) is 12.1. The van der Waals surface area contributed by atoms with E-state index in [0.29, 0.717) is 30.8 Å². The van der Waals surface area contributed by atoms with E-state index in [1.165, 1.54) is 0 Å². The molecule has 0 aromatic heterocycles. The number of carbonyl (C=O) groups is 1. The molecule has 1 aromatic rings. The van der Waals surface area contributed by atoms with Crippen LogP contribution in [0.4, 0.5) is 0 Å². The molecule has 0 saturated carbocycles. The zero-order chi connectivity index (χ0) is 23.0. The minimum atomic E-state index is -0.296. The third-order valence-corrected chi connectivity index (χ3v) is 5.85. The first-order valence-corrected chi connectivity index (χ1v) is 11.2. The first-order valence-electron chi connectivity index (χ1n) is 11.2. The van der Waals surface area contributed by atoms with Gasteiger partial charge >= 0.3 is 5.97 Å². The molecule has 1 heterocycles. The van der Waals surface area contributed by atoms with E-state index in [-0.39, 0.29) is 23.8 Å². The van der Waals surface area contributed by atoms with Crippen molar-refractivity contribution in [2.45, 2.75) is 53.0 Å². The number of nitrogens with two attached hydrogens (primary N) is 1. The fraction of sp³-hybridized carbons (Fsp3) is 0.640. The van der Waals surface area contributed by atoms with Crippen molar-refractivity contribution in [3.8, 4) is 11.5 Å². The topological polar surface area (TPSA) is 80.0 Å². The van der Waals surface area contributed by atoms with Crippen molar-refractivity contribution >= 4 is 5.97 Å². The van der Waals surface area contributed by atoms with Crippen LogP contribution in [-0.4, -0.2) is 39.4 Å². The smallest absolute Gasteiger partial charge is 0.318 e. The van der Waals surface area contributed by atoms with Gasteiger partial charge in [-0.2, -0.15) is 0 Å². The van der Waals surface area contributed by atoms with Crippen LogP contribution in [0.25, 0.3) is 0 Å². The molecule has 3 atom stereocenters. The molecule has 0 fully saturated rings. The monoisotopic (exact) mass is 433 g/mol. The van der Waals surface area contributed by atoms with Crippen molar-refractivity contribution in [2.75, 3.05) is 27.4 Å². The number of rotatable bonds is 13. The molecular formula is C25H39NO5. The molecule has 0 bridgehead atoms. The zero-order valence-electron chi connectivity index (χ0n) is 19.9. The molecule has 0 amide bonds. The van der Waals surface area contributed by atoms with E-state index >= 15 is 0 Å². The Morgan fingerprint density at radius 3 is 2.35 bits per heavy atom. The fourth-order valence-corrected chi connectivity index (χ4v) is 3.81. The van der Waals surface area contributed by atoms with Gasteiger partial charge in [0, 0.05) is 26.2 Å². The standard InChI is InChI=1S/C25H39NO5/c1-16(2)19(13-23(26)24-15-22(17(3)4)25(27)31-24)10-18-11-20(29-6)14-21(12-18)30-9-7-8-28-5/h11-12,14-17,19,22-23H,7-10,13,26H2,1-6H3/t19-,22+,23-/m0/s1. The summed E-state index contributed by atoms with van der Waals surface area (Å²) in [6.07, 6.45) is 4.32. The highest BCUT2D eigenvalue weighted by Crippen LogP contribution is 2.32. The van der Waals surface area contributed by atoms with E-state index in [9.17, 15) is 4.79 Å². The minimum absolute atomic E-state index is 0.190. The molecule has 2 N–H and O–H groups in total. The third kappa shape index (κ3) is 7.54. The second kappa shape index (κ2) is 12.1. The summed E-state index contributed by atoms with van der Waals surface area (Å²) in [5, 5.41) is 0. The lowest BCUT2D eigenvalue weighted by atomic mass is 9.83. The maximum Gasteiger partial charge on any atom is 0.318 e. The summed E-state index contributed by atoms with van der Waals surface area (Å²) in [5.74, 6) is 2.74. The van der Waals surface area contributed by atoms with Crippen LogP contribution in [0.3, 0.4) is 0 Å². The van der Waals surface area contributed by atoms with E-state index in [0.717, 1.165) is 36.3 Å². The second-order valence-electron chi connectivity index (χ2n) is 9.02. The largest absolute Gasteiger partial charge is 0.497 e. The number of methoxy groups -OCH3 is 2. The maximum atomic E-state index is 12.1. The Hall–Kier alpha value is -2.05. The molecule has 0 spiro atoms. The molecule has 2 rings (SSSR count). The average Bonchev–Trinajstić information content (AvgIpc) is 3.12. The number of cyclic esters (lactones) is 1. The highest BCUT2D eigenvalue weighted by atomic mass is 16.5. The second-order valence-corrected chi connectivity index (χ2v) is 9.02. The molecule has 0 saturated heterocycles. The number of benzene rings is 1. The van der Waals surface area contributed by atoms with E-state index in [1.54, 1.807) is 14.2 Å². The molecule has 0 unspecified atom stereocenters. The van der Waals surface area contributed by atoms with Gasteiger partial charge in [0.15, 0.2) is 0 Å². The van der Waals surface area contributed by atoms with Crippen molar-refractivity contribution < 1.29 is 23.7 Å². The van der Waals surface area contributed by atoms with Crippen LogP contribution in [0.2, 0.25) is 0 Å². The summed E-state index contributed by atoms with van der Waals surface area (Å²) in [7, 11) is 3.35. The van der Waals surface area contributed by atoms with Crippen molar-refractivity contribution in [2.24, 2.45) is 29.4 Å². The molecule has 1 aliphatic heterocycles. The Balaban J connectivity index is 2.08. The van der Waals surface area contributed by atoms with Gasteiger partial charge in [-0.1, -0.05) is 27.7 Å². The number of ether oxygens (including phenoxy) is 4. The lowest BCUT2D eigenvalue weighted by molar-refractivity contribution is -0.141. The Kier molecular flexibility index (Phi) is 9.85. The number of esters is 1. The Bertz CT molecular complexity index is 743. The number of hydrogen-bond acceptors (Lipinski definition) is 6. The molecule has 1 aromatic carbocycles. The third-order valence-electron chi connectivity index (χ3n) is 5.85. The summed E-state index contributed by atoms with van der Waals surface area (Å²) in [6, 6.07) is 5.73. The molecular weight excluding hydrogens is 394 g/mol. The van der Waals surface area contributed by atoms with Crippen LogP contribution >= 0.6 is 0 Å². The van der Waals surface area contributed by atoms with Gasteiger partial charge in [-0.15, -0.1) is 0 Å². The Morgan fingerprint density at radius 2 is 1.77 bits per heavy atom. The Labute approximate surface area is 187 Å². The maximum absolute atomic E-state index is 12.1. The SMILES string of the molecule is COCCCOc1cc(C[C@@H](C[C@H](N)C2=C[C@H](C(C)C)C(=O)O2)C(C)C)cc(OC)c1. The van der Waals surface area contributed by atoms with Crippen LogP contribution in [0, 0.1) is 23.7 Å². The molecule has 31 heavy (non-hydrogen) atoms. The van der Waals surface area contributed by atoms with Gasteiger partial charge in [-0.25, -0.2) is 0 Å². The predicted molar refractivity (Wildman–Crippen MR) is 122 cm³/mol. The molecule has 0 radical (unpaired) electrons. The molecule has 174 valence electrons. The first kappa shape index (κ1) is 25.2. The molecule has 6 heteroatoms. The van der Waals surface area contributed by atoms with Gasteiger partial charge in [-0.3, -0.25) is 4.79 Å². The van der Waals surface area contributed by atoms with Crippen molar-refractivity contribution in [1.29, 1.82) is 0 Å². The van der Waals surface area contributed by atoms with Crippen LogP contribution in [0.1, 0.15) is 46.1 Å². The summed E-state index contributed by atoms with van der Waals surface area (Å²) in [6.45, 7) is 9.70. The van der Waals surface area contributed by atoms with Gasteiger partial charge in [-0.05, 0) is 54.4 Å². The van der Waals surface area contributed by atoms with Crippen LogP contribution in [-0.2, 0) is 20.7 Å². The van der Waals surface area contributed by atoms with Gasteiger partial charge < -0.3 is 24.7 Å². The molecule has 6 nitrogen and oxygen atoms in total. The average molecular weight is 434 g/mol. The minimum Gasteiger partial charge on any atom is -0.497 e. The summed E-state index contributed by atoms with van der Waals surface area (Å²) < 4.78 is 21.9. The van der Waals surface area contributed by atoms with Crippen molar-refractivity contribution in [3.63, 3.8) is 0 Å². The lowest BCUT2D eigenvalue weighted by Crippen LogP contribution is -2.29. The van der Waals surface area contributed by atoms with Gasteiger partial charge in [0.2, 0.25) is 0 Å². The van der Waals surface area contributed by atoms with E-state index in [4.69, 9.17) is 24.7 Å². The highest BCUT2D eigenvalue weighted by Gasteiger charge is 2.33. The van der Waals surface area contributed by atoms with E-state index in [2.05, 4.69) is 19.9 Å². The van der Waals surface area contributed by atoms with Crippen molar-refractivity contribution in [1.82, 2.24) is 0 Å². The number of carbonyl (C=O) groups excluding carboxylic acids is 1. The van der Waals surface area contributed by atoms with Gasteiger partial charge in [0.1, 0.15) is 17.3 Å². The fourth-order valence-electron chi connectivity index (χ4n) is 3.81. The normalized spacial score (nSPS) is 18.2. The van der Waals surface area contributed by atoms with Gasteiger partial charge in [0.05, 0.1) is 25.7 Å². The lowest BCUT2D eigenvalue weighted by Gasteiger charge is -2.25. The zero-order valence-corrected chi connectivity index (χ0v) is 19.9. The van der Waals surface area contributed by atoms with Crippen LogP contribution in [0.15, 0.2) is 30.0 Å². The van der Waals surface area contributed by atoms with Crippen LogP contribution < -0.4 is 15.2 Å². The van der Waals surface area contributed by atoms with E-state index in [1.807, 2.05) is 32.1 Å². The van der Waals surface area contributed by atoms with Crippen LogP contribution in [0.5, 0.6) is 11.5 Å². The van der Waals surface area contributed by atoms with Crippen molar-refractivity contribution in [3.05, 3.63) is 35.6 Å².